The topological polar surface area (TPSA) is 76.9 Å². The Morgan fingerprint density at radius 2 is 1.94 bits per heavy atom. The summed E-state index contributed by atoms with van der Waals surface area (Å²) in [6, 6.07) is 11.1. The maximum atomic E-state index is 13.7. The number of carbonyl (C=O) groups is 1. The quantitative estimate of drug-likeness (QED) is 0.309. The second-order valence-corrected chi connectivity index (χ2v) is 8.80. The number of carbonyl (C=O) groups excluding carboxylic acids is 1. The standard InChI is InChI=1S/C27H26F2N4O3/c1-16-11-17(3-7-21(16)27(34)32-18-4-5-18)25-14-31-26-24(30-9-10-35-2)13-20(15-33(25)26)36-19-6-8-22(28)23(29)12-19/h3,6-8,11-15,18,30H,4-5,9-10H2,1-2H3,(H,32,34). The first-order valence-corrected chi connectivity index (χ1v) is 11.7. The molecule has 7 nitrogen and oxygen atoms in total. The summed E-state index contributed by atoms with van der Waals surface area (Å²) in [7, 11) is 1.62. The zero-order valence-electron chi connectivity index (χ0n) is 20.0. The molecule has 2 aromatic carbocycles. The van der Waals surface area contributed by atoms with Crippen molar-refractivity contribution in [3.63, 3.8) is 0 Å². The first-order chi connectivity index (χ1) is 17.4. The number of amides is 1. The largest absolute Gasteiger partial charge is 0.456 e. The molecule has 0 unspecified atom stereocenters. The van der Waals surface area contributed by atoms with Gasteiger partial charge in [0, 0.05) is 43.0 Å². The van der Waals surface area contributed by atoms with Crippen LogP contribution in [0.4, 0.5) is 14.5 Å². The van der Waals surface area contributed by atoms with Gasteiger partial charge in [-0.25, -0.2) is 13.8 Å². The van der Waals surface area contributed by atoms with Crippen LogP contribution in [0.15, 0.2) is 54.9 Å². The van der Waals surface area contributed by atoms with Crippen LogP contribution >= 0.6 is 0 Å². The highest BCUT2D eigenvalue weighted by Gasteiger charge is 2.24. The number of aryl methyl sites for hydroxylation is 1. The highest BCUT2D eigenvalue weighted by molar-refractivity contribution is 5.96. The predicted molar refractivity (Wildman–Crippen MR) is 133 cm³/mol. The molecule has 9 heteroatoms. The van der Waals surface area contributed by atoms with Crippen molar-refractivity contribution in [2.75, 3.05) is 25.6 Å². The van der Waals surface area contributed by atoms with Crippen LogP contribution in [0.3, 0.4) is 0 Å². The number of rotatable bonds is 9. The summed E-state index contributed by atoms with van der Waals surface area (Å²) >= 11 is 0. The van der Waals surface area contributed by atoms with E-state index < -0.39 is 11.6 Å². The Labute approximate surface area is 207 Å². The number of hydrogen-bond acceptors (Lipinski definition) is 5. The third-order valence-electron chi connectivity index (χ3n) is 6.01. The second-order valence-electron chi connectivity index (χ2n) is 8.80. The van der Waals surface area contributed by atoms with E-state index in [2.05, 4.69) is 15.6 Å². The summed E-state index contributed by atoms with van der Waals surface area (Å²) in [6.07, 6.45) is 5.54. The van der Waals surface area contributed by atoms with Crippen molar-refractivity contribution in [3.8, 4) is 22.8 Å². The average Bonchev–Trinajstić information content (AvgIpc) is 3.56. The summed E-state index contributed by atoms with van der Waals surface area (Å²) in [5.41, 5.74) is 4.50. The predicted octanol–water partition coefficient (Wildman–Crippen LogP) is 5.33. The maximum absolute atomic E-state index is 13.7. The molecule has 0 atom stereocenters. The third-order valence-corrected chi connectivity index (χ3v) is 6.01. The van der Waals surface area contributed by atoms with Crippen molar-refractivity contribution < 1.29 is 23.0 Å². The minimum atomic E-state index is -0.989. The molecule has 1 aliphatic rings. The average molecular weight is 493 g/mol. The zero-order valence-corrected chi connectivity index (χ0v) is 20.0. The normalized spacial score (nSPS) is 13.1. The molecule has 1 amide bonds. The molecule has 2 N–H and O–H groups in total. The van der Waals surface area contributed by atoms with Gasteiger partial charge in [-0.05, 0) is 49.6 Å². The van der Waals surface area contributed by atoms with Gasteiger partial charge in [-0.2, -0.15) is 0 Å². The highest BCUT2D eigenvalue weighted by atomic mass is 19.2. The van der Waals surface area contributed by atoms with E-state index in [0.717, 1.165) is 41.8 Å². The van der Waals surface area contributed by atoms with Crippen molar-refractivity contribution >= 4 is 17.2 Å². The van der Waals surface area contributed by atoms with Crippen LogP contribution in [0.2, 0.25) is 0 Å². The Morgan fingerprint density at radius 1 is 1.11 bits per heavy atom. The van der Waals surface area contributed by atoms with E-state index in [1.54, 1.807) is 25.6 Å². The lowest BCUT2D eigenvalue weighted by molar-refractivity contribution is 0.0950. The fourth-order valence-corrected chi connectivity index (χ4v) is 3.99. The van der Waals surface area contributed by atoms with E-state index in [4.69, 9.17) is 9.47 Å². The number of hydrogen-bond donors (Lipinski definition) is 2. The van der Waals surface area contributed by atoms with Crippen LogP contribution in [-0.4, -0.2) is 41.6 Å². The molecule has 0 saturated heterocycles. The van der Waals surface area contributed by atoms with Crippen LogP contribution in [0.5, 0.6) is 11.5 Å². The van der Waals surface area contributed by atoms with Gasteiger partial charge in [-0.1, -0.05) is 6.07 Å². The zero-order chi connectivity index (χ0) is 25.2. The van der Waals surface area contributed by atoms with Crippen LogP contribution < -0.4 is 15.4 Å². The van der Waals surface area contributed by atoms with Crippen molar-refractivity contribution in [1.29, 1.82) is 0 Å². The molecule has 1 saturated carbocycles. The molecule has 0 bridgehead atoms. The van der Waals surface area contributed by atoms with E-state index in [0.29, 0.717) is 35.8 Å². The molecule has 1 fully saturated rings. The van der Waals surface area contributed by atoms with Crippen LogP contribution in [0.25, 0.3) is 16.9 Å². The number of methoxy groups -OCH3 is 1. The SMILES string of the molecule is COCCNc1cc(Oc2ccc(F)c(F)c2)cn2c(-c3ccc(C(=O)NC4CC4)c(C)c3)cnc12. The van der Waals surface area contributed by atoms with Gasteiger partial charge in [-0.3, -0.25) is 9.20 Å². The number of benzene rings is 2. The number of ether oxygens (including phenoxy) is 2. The van der Waals surface area contributed by atoms with Gasteiger partial charge in [0.1, 0.15) is 11.5 Å². The molecule has 4 aromatic rings. The van der Waals surface area contributed by atoms with Crippen molar-refractivity contribution in [2.45, 2.75) is 25.8 Å². The first-order valence-electron chi connectivity index (χ1n) is 11.7. The molecule has 2 heterocycles. The lowest BCUT2D eigenvalue weighted by Gasteiger charge is -2.13. The minimum Gasteiger partial charge on any atom is -0.456 e. The fraction of sp³-hybridized carbons (Fsp3) is 0.259. The van der Waals surface area contributed by atoms with Gasteiger partial charge in [0.15, 0.2) is 17.3 Å². The van der Waals surface area contributed by atoms with Gasteiger partial charge >= 0.3 is 0 Å². The van der Waals surface area contributed by atoms with E-state index in [1.807, 2.05) is 29.5 Å². The van der Waals surface area contributed by atoms with Crippen LogP contribution in [-0.2, 0) is 4.74 Å². The molecule has 1 aliphatic carbocycles. The summed E-state index contributed by atoms with van der Waals surface area (Å²) in [6.45, 7) is 2.92. The number of fused-ring (bicyclic) bond motifs is 1. The number of pyridine rings is 1. The summed E-state index contributed by atoms with van der Waals surface area (Å²) < 4.78 is 40.0. The summed E-state index contributed by atoms with van der Waals surface area (Å²) in [4.78, 5) is 17.1. The Kier molecular flexibility index (Phi) is 6.56. The van der Waals surface area contributed by atoms with Crippen LogP contribution in [0.1, 0.15) is 28.8 Å². The highest BCUT2D eigenvalue weighted by Crippen LogP contribution is 2.32. The van der Waals surface area contributed by atoms with E-state index in [1.165, 1.54) is 6.07 Å². The number of nitrogens with one attached hydrogen (secondary N) is 2. The molecule has 2 aromatic heterocycles. The van der Waals surface area contributed by atoms with E-state index >= 15 is 0 Å². The number of nitrogens with zero attached hydrogens (tertiary/aromatic N) is 2. The first kappa shape index (κ1) is 23.7. The lowest BCUT2D eigenvalue weighted by Crippen LogP contribution is -2.26. The van der Waals surface area contributed by atoms with Crippen molar-refractivity contribution in [3.05, 3.63) is 77.6 Å². The molecule has 0 radical (unpaired) electrons. The van der Waals surface area contributed by atoms with Crippen molar-refractivity contribution in [1.82, 2.24) is 14.7 Å². The summed E-state index contributed by atoms with van der Waals surface area (Å²) in [5, 5.41) is 6.31. The maximum Gasteiger partial charge on any atom is 0.251 e. The van der Waals surface area contributed by atoms with E-state index in [9.17, 15) is 13.6 Å². The molecule has 36 heavy (non-hydrogen) atoms. The molecule has 186 valence electrons. The van der Waals surface area contributed by atoms with Gasteiger partial charge in [0.05, 0.1) is 30.4 Å². The number of halogens is 2. The fourth-order valence-electron chi connectivity index (χ4n) is 3.99. The van der Waals surface area contributed by atoms with Crippen molar-refractivity contribution in [2.24, 2.45) is 0 Å². The van der Waals surface area contributed by atoms with Gasteiger partial charge in [0.2, 0.25) is 0 Å². The number of imidazole rings is 1. The van der Waals surface area contributed by atoms with Crippen LogP contribution in [0, 0.1) is 18.6 Å². The lowest BCUT2D eigenvalue weighted by atomic mass is 10.0. The Bertz CT molecular complexity index is 1430. The smallest absolute Gasteiger partial charge is 0.251 e. The Hall–Kier alpha value is -3.98. The second kappa shape index (κ2) is 9.94. The Morgan fingerprint density at radius 3 is 2.67 bits per heavy atom. The number of anilines is 1. The molecule has 5 rings (SSSR count). The van der Waals surface area contributed by atoms with Gasteiger partial charge < -0.3 is 20.1 Å². The monoisotopic (exact) mass is 492 g/mol. The minimum absolute atomic E-state index is 0.0634. The third kappa shape index (κ3) is 5.01. The molecule has 0 aliphatic heterocycles. The molecular weight excluding hydrogens is 466 g/mol. The Balaban J connectivity index is 1.52. The van der Waals surface area contributed by atoms with Gasteiger partial charge in [-0.15, -0.1) is 0 Å². The summed E-state index contributed by atoms with van der Waals surface area (Å²) in [5.74, 6) is -1.42. The number of aromatic nitrogens is 2. The molecule has 0 spiro atoms. The molecular formula is C27H26F2N4O3. The van der Waals surface area contributed by atoms with E-state index in [-0.39, 0.29) is 17.7 Å². The van der Waals surface area contributed by atoms with Gasteiger partial charge in [0.25, 0.3) is 5.91 Å².